The number of hydrogen-bond donors (Lipinski definition) is 2. The van der Waals surface area contributed by atoms with E-state index in [9.17, 15) is 5.11 Å². The minimum absolute atomic E-state index is 0.217. The fourth-order valence-electron chi connectivity index (χ4n) is 2.58. The van der Waals surface area contributed by atoms with Crippen molar-refractivity contribution in [2.45, 2.75) is 0 Å². The quantitative estimate of drug-likeness (QED) is 0.448. The minimum Gasteiger partial charge on any atom is -0.508 e. The number of nitrogens with zero attached hydrogens (tertiary/aromatic N) is 5. The molecule has 0 saturated heterocycles. The monoisotopic (exact) mass is 318 g/mol. The Morgan fingerprint density at radius 2 is 1.88 bits per heavy atom. The standard InChI is InChI=1S/C17H14N6O/c1-23-14-5-3-2-4-13(14)15-16(23)19-17(22-20-15)21-18-10-11-6-8-12(24)9-7-11/h2-10,24H,1H3,(H,19,21,22)/b18-10-. The van der Waals surface area contributed by atoms with E-state index in [1.54, 1.807) is 30.5 Å². The molecule has 0 fully saturated rings. The van der Waals surface area contributed by atoms with Gasteiger partial charge in [0.2, 0.25) is 0 Å². The number of aromatic hydroxyl groups is 1. The maximum absolute atomic E-state index is 9.26. The fraction of sp³-hybridized carbons (Fsp3) is 0.0588. The number of hydrogen-bond acceptors (Lipinski definition) is 6. The van der Waals surface area contributed by atoms with Crippen LogP contribution in [0.4, 0.5) is 5.95 Å². The molecule has 0 unspecified atom stereocenters. The topological polar surface area (TPSA) is 88.2 Å². The molecule has 4 aromatic rings. The van der Waals surface area contributed by atoms with Crippen molar-refractivity contribution in [3.63, 3.8) is 0 Å². The first kappa shape index (κ1) is 14.1. The van der Waals surface area contributed by atoms with Gasteiger partial charge < -0.3 is 9.67 Å². The molecule has 7 heteroatoms. The SMILES string of the molecule is Cn1c2ccccc2c2nnc(N/N=C\c3ccc(O)cc3)nc21. The number of benzene rings is 2. The van der Waals surface area contributed by atoms with Crippen molar-refractivity contribution in [1.82, 2.24) is 19.7 Å². The highest BCUT2D eigenvalue weighted by molar-refractivity contribution is 6.04. The Bertz CT molecular complexity index is 1050. The van der Waals surface area contributed by atoms with E-state index in [1.807, 2.05) is 35.9 Å². The van der Waals surface area contributed by atoms with Crippen LogP contribution in [0.25, 0.3) is 22.1 Å². The average molecular weight is 318 g/mol. The number of aryl methyl sites for hydroxylation is 1. The largest absolute Gasteiger partial charge is 0.508 e. The Labute approximate surface area is 137 Å². The van der Waals surface area contributed by atoms with Crippen molar-refractivity contribution < 1.29 is 5.11 Å². The molecule has 4 rings (SSSR count). The molecule has 0 spiro atoms. The summed E-state index contributed by atoms with van der Waals surface area (Å²) in [6, 6.07) is 14.7. The number of fused-ring (bicyclic) bond motifs is 3. The number of aromatic nitrogens is 4. The summed E-state index contributed by atoms with van der Waals surface area (Å²) in [5.41, 5.74) is 6.19. The molecule has 2 N–H and O–H groups in total. The molecule has 0 aliphatic carbocycles. The summed E-state index contributed by atoms with van der Waals surface area (Å²) in [5, 5.41) is 22.7. The number of hydrazone groups is 1. The molecule has 0 atom stereocenters. The van der Waals surface area contributed by atoms with E-state index in [0.717, 1.165) is 27.6 Å². The third-order valence-corrected chi connectivity index (χ3v) is 3.78. The van der Waals surface area contributed by atoms with E-state index < -0.39 is 0 Å². The van der Waals surface area contributed by atoms with E-state index in [1.165, 1.54) is 0 Å². The summed E-state index contributed by atoms with van der Waals surface area (Å²) in [6.45, 7) is 0. The van der Waals surface area contributed by atoms with Crippen molar-refractivity contribution in [3.05, 3.63) is 54.1 Å². The normalized spacial score (nSPS) is 11.5. The van der Waals surface area contributed by atoms with E-state index >= 15 is 0 Å². The zero-order valence-electron chi connectivity index (χ0n) is 12.9. The Hall–Kier alpha value is -3.48. The summed E-state index contributed by atoms with van der Waals surface area (Å²) in [4.78, 5) is 4.48. The lowest BCUT2D eigenvalue weighted by Gasteiger charge is -1.99. The van der Waals surface area contributed by atoms with Crippen LogP contribution in [-0.2, 0) is 7.05 Å². The third kappa shape index (κ3) is 2.41. The highest BCUT2D eigenvalue weighted by Gasteiger charge is 2.11. The Balaban J connectivity index is 1.64. The number of nitrogens with one attached hydrogen (secondary N) is 1. The second-order valence-electron chi connectivity index (χ2n) is 5.35. The maximum atomic E-state index is 9.26. The maximum Gasteiger partial charge on any atom is 0.265 e. The summed E-state index contributed by atoms with van der Waals surface area (Å²) < 4.78 is 1.98. The van der Waals surface area contributed by atoms with Crippen molar-refractivity contribution in [2.75, 3.05) is 5.43 Å². The van der Waals surface area contributed by atoms with Crippen LogP contribution in [0.2, 0.25) is 0 Å². The summed E-state index contributed by atoms with van der Waals surface area (Å²) in [5.74, 6) is 0.539. The molecule has 0 amide bonds. The third-order valence-electron chi connectivity index (χ3n) is 3.78. The van der Waals surface area contributed by atoms with Gasteiger partial charge in [-0.1, -0.05) is 18.2 Å². The van der Waals surface area contributed by atoms with Crippen LogP contribution < -0.4 is 5.43 Å². The van der Waals surface area contributed by atoms with Gasteiger partial charge in [-0.15, -0.1) is 10.2 Å². The summed E-state index contributed by atoms with van der Waals surface area (Å²) >= 11 is 0. The minimum atomic E-state index is 0.217. The van der Waals surface area contributed by atoms with Gasteiger partial charge in [0.15, 0.2) is 5.65 Å². The molecule has 0 radical (unpaired) electrons. The highest BCUT2D eigenvalue weighted by Crippen LogP contribution is 2.24. The second kappa shape index (κ2) is 5.62. The van der Waals surface area contributed by atoms with Gasteiger partial charge in [0.1, 0.15) is 11.3 Å². The Morgan fingerprint density at radius 1 is 1.08 bits per heavy atom. The van der Waals surface area contributed by atoms with Gasteiger partial charge in [-0.3, -0.25) is 0 Å². The van der Waals surface area contributed by atoms with Crippen molar-refractivity contribution in [3.8, 4) is 5.75 Å². The second-order valence-corrected chi connectivity index (χ2v) is 5.35. The molecule has 2 aromatic carbocycles. The molecule has 7 nitrogen and oxygen atoms in total. The van der Waals surface area contributed by atoms with Crippen LogP contribution in [0.3, 0.4) is 0 Å². The highest BCUT2D eigenvalue weighted by atomic mass is 16.3. The van der Waals surface area contributed by atoms with Crippen LogP contribution in [0.5, 0.6) is 5.75 Å². The number of anilines is 1. The number of para-hydroxylation sites is 1. The van der Waals surface area contributed by atoms with Gasteiger partial charge in [0, 0.05) is 12.4 Å². The van der Waals surface area contributed by atoms with Gasteiger partial charge in [-0.05, 0) is 35.9 Å². The lowest BCUT2D eigenvalue weighted by Crippen LogP contribution is -2.00. The molecular weight excluding hydrogens is 304 g/mol. The average Bonchev–Trinajstić information content (AvgIpc) is 2.90. The number of phenolic OH excluding ortho intramolecular Hbond substituents is 1. The van der Waals surface area contributed by atoms with Gasteiger partial charge in [-0.25, -0.2) is 5.43 Å². The van der Waals surface area contributed by atoms with Crippen LogP contribution in [0.15, 0.2) is 53.6 Å². The predicted octanol–water partition coefficient (Wildman–Crippen LogP) is 2.67. The van der Waals surface area contributed by atoms with Crippen molar-refractivity contribution in [2.24, 2.45) is 12.1 Å². The van der Waals surface area contributed by atoms with Crippen molar-refractivity contribution in [1.29, 1.82) is 0 Å². The first-order valence-electron chi connectivity index (χ1n) is 7.38. The zero-order chi connectivity index (χ0) is 16.5. The first-order chi connectivity index (χ1) is 11.7. The van der Waals surface area contributed by atoms with Gasteiger partial charge in [0.25, 0.3) is 5.95 Å². The van der Waals surface area contributed by atoms with E-state index in [-0.39, 0.29) is 5.75 Å². The van der Waals surface area contributed by atoms with Crippen LogP contribution in [0.1, 0.15) is 5.56 Å². The summed E-state index contributed by atoms with van der Waals surface area (Å²) in [7, 11) is 1.95. The smallest absolute Gasteiger partial charge is 0.265 e. The van der Waals surface area contributed by atoms with Crippen molar-refractivity contribution >= 4 is 34.2 Å². The van der Waals surface area contributed by atoms with Crippen LogP contribution in [-0.4, -0.2) is 31.1 Å². The number of phenols is 1. The summed E-state index contributed by atoms with van der Waals surface area (Å²) in [6.07, 6.45) is 1.62. The van der Waals surface area contributed by atoms with E-state index in [4.69, 9.17) is 0 Å². The molecule has 24 heavy (non-hydrogen) atoms. The van der Waals surface area contributed by atoms with Crippen LogP contribution in [0, 0.1) is 0 Å². The van der Waals surface area contributed by atoms with E-state index in [2.05, 4.69) is 25.7 Å². The van der Waals surface area contributed by atoms with Crippen LogP contribution >= 0.6 is 0 Å². The first-order valence-corrected chi connectivity index (χ1v) is 7.38. The lowest BCUT2D eigenvalue weighted by atomic mass is 10.2. The predicted molar refractivity (Wildman–Crippen MR) is 93.1 cm³/mol. The van der Waals surface area contributed by atoms with Gasteiger partial charge in [0.05, 0.1) is 11.7 Å². The number of rotatable bonds is 3. The Kier molecular flexibility index (Phi) is 3.31. The van der Waals surface area contributed by atoms with Gasteiger partial charge >= 0.3 is 0 Å². The molecule has 0 bridgehead atoms. The molecule has 2 aromatic heterocycles. The molecule has 0 aliphatic heterocycles. The fourth-order valence-corrected chi connectivity index (χ4v) is 2.58. The molecule has 2 heterocycles. The van der Waals surface area contributed by atoms with Gasteiger partial charge in [-0.2, -0.15) is 10.1 Å². The van der Waals surface area contributed by atoms with E-state index in [0.29, 0.717) is 5.95 Å². The zero-order valence-corrected chi connectivity index (χ0v) is 12.9. The Morgan fingerprint density at radius 3 is 2.71 bits per heavy atom. The molecular formula is C17H14N6O. The molecule has 0 saturated carbocycles. The molecule has 118 valence electrons. The lowest BCUT2D eigenvalue weighted by molar-refractivity contribution is 0.475. The molecule has 0 aliphatic rings.